The van der Waals surface area contributed by atoms with Crippen LogP contribution in [0.4, 0.5) is 4.39 Å². The number of carboxylic acids is 1. The first-order valence-corrected chi connectivity index (χ1v) is 10.1. The van der Waals surface area contributed by atoms with Crippen LogP contribution in [-0.2, 0) is 17.6 Å². The molecule has 31 heavy (non-hydrogen) atoms. The zero-order valence-electron chi connectivity index (χ0n) is 16.8. The molecule has 2 aromatic carbocycles. The van der Waals surface area contributed by atoms with Gasteiger partial charge in [-0.2, -0.15) is 5.10 Å². The maximum atomic E-state index is 13.5. The van der Waals surface area contributed by atoms with Crippen LogP contribution >= 0.6 is 0 Å². The summed E-state index contributed by atoms with van der Waals surface area (Å²) in [7, 11) is 0. The fourth-order valence-electron chi connectivity index (χ4n) is 3.95. The summed E-state index contributed by atoms with van der Waals surface area (Å²) in [6.45, 7) is 0. The van der Waals surface area contributed by atoms with Crippen molar-refractivity contribution in [1.29, 1.82) is 0 Å². The summed E-state index contributed by atoms with van der Waals surface area (Å²) >= 11 is 0. The lowest BCUT2D eigenvalue weighted by Gasteiger charge is -2.15. The number of aliphatic carboxylic acids is 1. The molecule has 0 unspecified atom stereocenters. The molecule has 0 radical (unpaired) electrons. The Bertz CT molecular complexity index is 1120. The minimum Gasteiger partial charge on any atom is -0.481 e. The van der Waals surface area contributed by atoms with E-state index >= 15 is 0 Å². The van der Waals surface area contributed by atoms with E-state index in [9.17, 15) is 19.4 Å². The summed E-state index contributed by atoms with van der Waals surface area (Å²) in [5, 5.41) is 33.6. The molecule has 1 heterocycles. The van der Waals surface area contributed by atoms with E-state index in [1.54, 1.807) is 22.9 Å². The van der Waals surface area contributed by atoms with E-state index in [2.05, 4.69) is 6.07 Å². The van der Waals surface area contributed by atoms with Gasteiger partial charge in [0.15, 0.2) is 0 Å². The van der Waals surface area contributed by atoms with Gasteiger partial charge in [0.1, 0.15) is 5.82 Å². The van der Waals surface area contributed by atoms with Crippen LogP contribution in [0.5, 0.6) is 0 Å². The largest absolute Gasteiger partial charge is 0.481 e. The monoisotopic (exact) mass is 422 g/mol. The van der Waals surface area contributed by atoms with Gasteiger partial charge >= 0.3 is 5.97 Å². The van der Waals surface area contributed by atoms with Gasteiger partial charge in [-0.15, -0.1) is 0 Å². The van der Waals surface area contributed by atoms with Gasteiger partial charge in [0.05, 0.1) is 35.7 Å². The van der Waals surface area contributed by atoms with E-state index in [1.807, 2.05) is 18.2 Å². The van der Waals surface area contributed by atoms with Gasteiger partial charge in [-0.25, -0.2) is 9.07 Å². The molecule has 7 heteroatoms. The molecule has 1 aliphatic rings. The van der Waals surface area contributed by atoms with Crippen molar-refractivity contribution >= 4 is 12.0 Å². The molecule has 1 aromatic heterocycles. The van der Waals surface area contributed by atoms with E-state index < -0.39 is 24.6 Å². The maximum Gasteiger partial charge on any atom is 0.305 e. The van der Waals surface area contributed by atoms with Crippen molar-refractivity contribution in [2.24, 2.45) is 0 Å². The number of benzene rings is 2. The maximum absolute atomic E-state index is 13.5. The number of aliphatic hydroxyl groups excluding tert-OH is 2. The molecule has 0 aliphatic heterocycles. The predicted octanol–water partition coefficient (Wildman–Crippen LogP) is 3.38. The Morgan fingerprint density at radius 2 is 1.87 bits per heavy atom. The number of aliphatic hydroxyl groups is 2. The topological polar surface area (TPSA) is 95.6 Å². The van der Waals surface area contributed by atoms with Crippen LogP contribution < -0.4 is 0 Å². The first-order valence-electron chi connectivity index (χ1n) is 10.1. The third kappa shape index (κ3) is 4.57. The van der Waals surface area contributed by atoms with Crippen LogP contribution in [0, 0.1) is 5.82 Å². The van der Waals surface area contributed by atoms with E-state index in [0.29, 0.717) is 5.69 Å². The van der Waals surface area contributed by atoms with Gasteiger partial charge in [-0.3, -0.25) is 4.79 Å². The van der Waals surface area contributed by atoms with Gasteiger partial charge in [-0.05, 0) is 48.7 Å². The Labute approximate surface area is 178 Å². The van der Waals surface area contributed by atoms with Crippen LogP contribution in [-0.4, -0.2) is 43.3 Å². The second kappa shape index (κ2) is 8.83. The van der Waals surface area contributed by atoms with Crippen LogP contribution in [0.1, 0.15) is 29.7 Å². The van der Waals surface area contributed by atoms with Gasteiger partial charge < -0.3 is 15.3 Å². The Morgan fingerprint density at radius 1 is 1.13 bits per heavy atom. The first kappa shape index (κ1) is 21.0. The Morgan fingerprint density at radius 3 is 2.61 bits per heavy atom. The molecular formula is C24H23FN2O4. The molecule has 0 fully saturated rings. The lowest BCUT2D eigenvalue weighted by Crippen LogP contribution is -2.19. The molecule has 0 saturated carbocycles. The van der Waals surface area contributed by atoms with Crippen LogP contribution in [0.3, 0.4) is 0 Å². The average molecular weight is 422 g/mol. The fraction of sp³-hybridized carbons (Fsp3) is 0.250. The predicted molar refractivity (Wildman–Crippen MR) is 114 cm³/mol. The van der Waals surface area contributed by atoms with Crippen molar-refractivity contribution in [3.05, 3.63) is 77.2 Å². The first-order chi connectivity index (χ1) is 14.9. The highest BCUT2D eigenvalue weighted by atomic mass is 19.1. The summed E-state index contributed by atoms with van der Waals surface area (Å²) in [4.78, 5) is 10.7. The lowest BCUT2D eigenvalue weighted by molar-refractivity contribution is -0.139. The zero-order chi connectivity index (χ0) is 22.0. The number of aromatic nitrogens is 2. The highest BCUT2D eigenvalue weighted by molar-refractivity contribution is 5.74. The van der Waals surface area contributed by atoms with Gasteiger partial charge in [0.2, 0.25) is 0 Å². The lowest BCUT2D eigenvalue weighted by atomic mass is 9.89. The third-order valence-corrected chi connectivity index (χ3v) is 5.41. The van der Waals surface area contributed by atoms with Crippen LogP contribution in [0.25, 0.3) is 23.0 Å². The summed E-state index contributed by atoms with van der Waals surface area (Å²) in [5.74, 6) is -1.46. The number of halogens is 1. The standard InChI is InChI=1S/C24H23FN2O4/c25-16-6-8-17(9-7-16)27-22(12-10-18(28)13-19(29)14-23(30)31)21-11-5-15-3-1-2-4-20(15)24(21)26-27/h1-4,6-10,12,18-19,28-29H,5,11,13-14H2,(H,30,31)/b12-10+/t18-,19-/m0/s1. The Hall–Kier alpha value is -3.29. The minimum atomic E-state index is -1.14. The summed E-state index contributed by atoms with van der Waals surface area (Å²) < 4.78 is 15.2. The zero-order valence-corrected chi connectivity index (χ0v) is 16.8. The Kier molecular flexibility index (Phi) is 5.97. The number of nitrogens with zero attached hydrogens (tertiary/aromatic N) is 2. The molecule has 0 bridgehead atoms. The molecule has 0 saturated heterocycles. The number of rotatable bonds is 7. The molecule has 1 aliphatic carbocycles. The summed E-state index contributed by atoms with van der Waals surface area (Å²) in [5.41, 5.74) is 5.60. The molecule has 160 valence electrons. The number of hydrogen-bond acceptors (Lipinski definition) is 4. The second-order valence-corrected chi connectivity index (χ2v) is 7.67. The van der Waals surface area contributed by atoms with E-state index in [-0.39, 0.29) is 12.2 Å². The number of aryl methyl sites for hydroxylation is 1. The minimum absolute atomic E-state index is 0.0848. The van der Waals surface area contributed by atoms with Gasteiger partial charge in [0, 0.05) is 17.5 Å². The number of fused-ring (bicyclic) bond motifs is 3. The third-order valence-electron chi connectivity index (χ3n) is 5.41. The number of carboxylic acid groups (broad SMARTS) is 1. The average Bonchev–Trinajstić information content (AvgIpc) is 3.11. The molecule has 0 amide bonds. The highest BCUT2D eigenvalue weighted by Gasteiger charge is 2.24. The van der Waals surface area contributed by atoms with Crippen molar-refractivity contribution in [2.75, 3.05) is 0 Å². The van der Waals surface area contributed by atoms with Crippen LogP contribution in [0.15, 0.2) is 54.6 Å². The van der Waals surface area contributed by atoms with Gasteiger partial charge in [0.25, 0.3) is 0 Å². The molecule has 3 N–H and O–H groups in total. The molecular weight excluding hydrogens is 399 g/mol. The quantitative estimate of drug-likeness (QED) is 0.543. The summed E-state index contributed by atoms with van der Waals surface area (Å²) in [6.07, 6.45) is 2.23. The van der Waals surface area contributed by atoms with Crippen molar-refractivity contribution in [2.45, 2.75) is 37.9 Å². The SMILES string of the molecule is O=C(O)C[C@@H](O)C[C@@H](O)/C=C/c1c2c(nn1-c1ccc(F)cc1)-c1ccccc1CC2. The van der Waals surface area contributed by atoms with Crippen molar-refractivity contribution in [3.8, 4) is 16.9 Å². The molecule has 2 atom stereocenters. The normalized spacial score (nSPS) is 14.8. The van der Waals surface area contributed by atoms with Crippen molar-refractivity contribution < 1.29 is 24.5 Å². The molecule has 0 spiro atoms. The van der Waals surface area contributed by atoms with Crippen molar-refractivity contribution in [1.82, 2.24) is 9.78 Å². The second-order valence-electron chi connectivity index (χ2n) is 7.67. The summed E-state index contributed by atoms with van der Waals surface area (Å²) in [6, 6.07) is 14.1. The van der Waals surface area contributed by atoms with Gasteiger partial charge in [-0.1, -0.05) is 30.3 Å². The van der Waals surface area contributed by atoms with E-state index in [4.69, 9.17) is 10.2 Å². The fourth-order valence-corrected chi connectivity index (χ4v) is 3.95. The number of carbonyl (C=O) groups is 1. The molecule has 6 nitrogen and oxygen atoms in total. The number of hydrogen-bond donors (Lipinski definition) is 3. The van der Waals surface area contributed by atoms with E-state index in [1.165, 1.54) is 23.8 Å². The Balaban J connectivity index is 1.71. The highest BCUT2D eigenvalue weighted by Crippen LogP contribution is 2.36. The van der Waals surface area contributed by atoms with E-state index in [0.717, 1.165) is 35.4 Å². The molecule has 4 rings (SSSR count). The smallest absolute Gasteiger partial charge is 0.305 e. The van der Waals surface area contributed by atoms with Crippen LogP contribution in [0.2, 0.25) is 0 Å². The molecule has 3 aromatic rings. The van der Waals surface area contributed by atoms with Crippen molar-refractivity contribution in [3.63, 3.8) is 0 Å².